The van der Waals surface area contributed by atoms with Crippen molar-refractivity contribution in [3.63, 3.8) is 0 Å². The molecule has 1 aliphatic carbocycles. The molecule has 0 atom stereocenters. The van der Waals surface area contributed by atoms with Gasteiger partial charge in [0.15, 0.2) is 0 Å². The summed E-state index contributed by atoms with van der Waals surface area (Å²) in [5.74, 6) is 0.671. The van der Waals surface area contributed by atoms with Crippen LogP contribution in [-0.4, -0.2) is 62.9 Å². The lowest BCUT2D eigenvalue weighted by Gasteiger charge is -2.27. The van der Waals surface area contributed by atoms with Gasteiger partial charge in [-0.2, -0.15) is 0 Å². The second kappa shape index (κ2) is 9.54. The molecule has 3 amide bonds. The molecule has 2 aliphatic rings. The van der Waals surface area contributed by atoms with Gasteiger partial charge < -0.3 is 25.0 Å². The summed E-state index contributed by atoms with van der Waals surface area (Å²) >= 11 is 0. The maximum Gasteiger partial charge on any atom is 0.319 e. The molecule has 0 unspecified atom stereocenters. The number of hydrogen-bond acceptors (Lipinski definition) is 4. The van der Waals surface area contributed by atoms with E-state index in [0.717, 1.165) is 18.9 Å². The molecule has 0 radical (unpaired) electrons. The summed E-state index contributed by atoms with van der Waals surface area (Å²) in [5.41, 5.74) is 1.02. The van der Waals surface area contributed by atoms with Gasteiger partial charge in [-0.15, -0.1) is 0 Å². The van der Waals surface area contributed by atoms with Gasteiger partial charge in [0, 0.05) is 32.8 Å². The molecule has 1 aliphatic heterocycles. The first-order valence-electron chi connectivity index (χ1n) is 9.32. The number of morpholine rings is 1. The van der Waals surface area contributed by atoms with Crippen LogP contribution in [0.3, 0.4) is 0 Å². The molecule has 0 bridgehead atoms. The Bertz CT molecular complexity index is 613. The summed E-state index contributed by atoms with van der Waals surface area (Å²) < 4.78 is 10.8. The average Bonchev–Trinajstić information content (AvgIpc) is 3.49. The predicted molar refractivity (Wildman–Crippen MR) is 98.3 cm³/mol. The molecule has 1 saturated carbocycles. The van der Waals surface area contributed by atoms with Crippen LogP contribution in [0.25, 0.3) is 0 Å². The van der Waals surface area contributed by atoms with Gasteiger partial charge >= 0.3 is 6.03 Å². The van der Waals surface area contributed by atoms with Crippen LogP contribution in [0.15, 0.2) is 24.3 Å². The predicted octanol–water partition coefficient (Wildman–Crippen LogP) is 2.10. The Labute approximate surface area is 154 Å². The smallest absolute Gasteiger partial charge is 0.319 e. The Morgan fingerprint density at radius 1 is 1.19 bits per heavy atom. The number of anilines is 1. The van der Waals surface area contributed by atoms with Crippen LogP contribution in [0.5, 0.6) is 0 Å². The van der Waals surface area contributed by atoms with Crippen LogP contribution in [0.4, 0.5) is 10.5 Å². The molecule has 7 heteroatoms. The van der Waals surface area contributed by atoms with Crippen molar-refractivity contribution in [2.45, 2.75) is 19.3 Å². The number of nitrogens with one attached hydrogen (secondary N) is 2. The number of hydrogen-bond donors (Lipinski definition) is 2. The topological polar surface area (TPSA) is 79.9 Å². The Balaban J connectivity index is 1.44. The number of benzene rings is 1. The highest BCUT2D eigenvalue weighted by Crippen LogP contribution is 2.28. The fourth-order valence-corrected chi connectivity index (χ4v) is 2.79. The van der Waals surface area contributed by atoms with Gasteiger partial charge in [-0.25, -0.2) is 4.79 Å². The van der Waals surface area contributed by atoms with Gasteiger partial charge in [-0.05, 0) is 37.3 Å². The molecule has 2 fully saturated rings. The summed E-state index contributed by atoms with van der Waals surface area (Å²) in [5, 5.41) is 5.59. The first-order valence-corrected chi connectivity index (χ1v) is 9.32. The van der Waals surface area contributed by atoms with Crippen molar-refractivity contribution in [3.05, 3.63) is 29.8 Å². The Hall–Kier alpha value is -2.12. The van der Waals surface area contributed by atoms with Crippen molar-refractivity contribution in [1.29, 1.82) is 0 Å². The fraction of sp³-hybridized carbons (Fsp3) is 0.579. The molecular formula is C19H27N3O4. The summed E-state index contributed by atoms with van der Waals surface area (Å²) in [7, 11) is 0. The number of urea groups is 1. The average molecular weight is 361 g/mol. The minimum atomic E-state index is -0.311. The zero-order valence-electron chi connectivity index (χ0n) is 15.0. The van der Waals surface area contributed by atoms with E-state index < -0.39 is 0 Å². The summed E-state index contributed by atoms with van der Waals surface area (Å²) in [6.45, 7) is 4.26. The third-order valence-electron chi connectivity index (χ3n) is 4.51. The van der Waals surface area contributed by atoms with Crippen molar-refractivity contribution in [1.82, 2.24) is 10.2 Å². The minimum absolute atomic E-state index is 0.0855. The number of carbonyl (C=O) groups excluding carboxylic acids is 2. The standard InChI is InChI=1S/C19H27N3O4/c23-18(22-9-12-25-13-10-22)16-4-1-2-5-17(16)21-19(24)20-8-3-11-26-14-15-6-7-15/h1-2,4-5,15H,3,6-14H2,(H2,20,21,24). The van der Waals surface area contributed by atoms with Gasteiger partial charge in [-0.3, -0.25) is 4.79 Å². The lowest BCUT2D eigenvalue weighted by molar-refractivity contribution is 0.0303. The normalized spacial score (nSPS) is 17.0. The first kappa shape index (κ1) is 18.7. The van der Waals surface area contributed by atoms with E-state index in [-0.39, 0.29) is 11.9 Å². The van der Waals surface area contributed by atoms with Crippen LogP contribution in [-0.2, 0) is 9.47 Å². The lowest BCUT2D eigenvalue weighted by Crippen LogP contribution is -2.41. The molecule has 7 nitrogen and oxygen atoms in total. The zero-order chi connectivity index (χ0) is 18.2. The zero-order valence-corrected chi connectivity index (χ0v) is 15.0. The van der Waals surface area contributed by atoms with Crippen molar-refractivity contribution in [2.75, 3.05) is 51.4 Å². The van der Waals surface area contributed by atoms with E-state index in [9.17, 15) is 9.59 Å². The molecule has 2 N–H and O–H groups in total. The fourth-order valence-electron chi connectivity index (χ4n) is 2.79. The molecule has 1 aromatic rings. The van der Waals surface area contributed by atoms with E-state index >= 15 is 0 Å². The van der Waals surface area contributed by atoms with Crippen molar-refractivity contribution in [3.8, 4) is 0 Å². The summed E-state index contributed by atoms with van der Waals surface area (Å²) in [6, 6.07) is 6.77. The van der Waals surface area contributed by atoms with E-state index in [2.05, 4.69) is 10.6 Å². The SMILES string of the molecule is O=C(NCCCOCC1CC1)Nc1ccccc1C(=O)N1CCOCC1. The minimum Gasteiger partial charge on any atom is -0.381 e. The largest absolute Gasteiger partial charge is 0.381 e. The van der Waals surface area contributed by atoms with Crippen molar-refractivity contribution >= 4 is 17.6 Å². The highest BCUT2D eigenvalue weighted by atomic mass is 16.5. The van der Waals surface area contributed by atoms with E-state index in [4.69, 9.17) is 9.47 Å². The van der Waals surface area contributed by atoms with Gasteiger partial charge in [0.25, 0.3) is 5.91 Å². The van der Waals surface area contributed by atoms with E-state index in [1.807, 2.05) is 0 Å². The van der Waals surface area contributed by atoms with Gasteiger partial charge in [0.1, 0.15) is 0 Å². The van der Waals surface area contributed by atoms with Crippen LogP contribution in [0, 0.1) is 5.92 Å². The molecule has 0 spiro atoms. The third kappa shape index (κ3) is 5.71. The number of carbonyl (C=O) groups is 2. The van der Waals surface area contributed by atoms with Crippen LogP contribution >= 0.6 is 0 Å². The Morgan fingerprint density at radius 2 is 1.96 bits per heavy atom. The second-order valence-corrected chi connectivity index (χ2v) is 6.70. The van der Waals surface area contributed by atoms with Crippen LogP contribution < -0.4 is 10.6 Å². The van der Waals surface area contributed by atoms with E-state index in [0.29, 0.717) is 50.7 Å². The first-order chi connectivity index (χ1) is 12.7. The maximum absolute atomic E-state index is 12.7. The Morgan fingerprint density at radius 3 is 2.73 bits per heavy atom. The summed E-state index contributed by atoms with van der Waals surface area (Å²) in [6.07, 6.45) is 3.33. The van der Waals surface area contributed by atoms with E-state index in [1.54, 1.807) is 29.2 Å². The highest BCUT2D eigenvalue weighted by molar-refractivity contribution is 6.03. The van der Waals surface area contributed by atoms with Crippen LogP contribution in [0.1, 0.15) is 29.6 Å². The second-order valence-electron chi connectivity index (χ2n) is 6.70. The quantitative estimate of drug-likeness (QED) is 0.695. The highest BCUT2D eigenvalue weighted by Gasteiger charge is 2.22. The van der Waals surface area contributed by atoms with E-state index in [1.165, 1.54) is 12.8 Å². The monoisotopic (exact) mass is 361 g/mol. The number of amides is 3. The molecule has 142 valence electrons. The number of nitrogens with zero attached hydrogens (tertiary/aromatic N) is 1. The van der Waals surface area contributed by atoms with Gasteiger partial charge in [0.05, 0.1) is 24.5 Å². The van der Waals surface area contributed by atoms with Crippen molar-refractivity contribution in [2.24, 2.45) is 5.92 Å². The molecular weight excluding hydrogens is 334 g/mol. The van der Waals surface area contributed by atoms with Crippen LogP contribution in [0.2, 0.25) is 0 Å². The number of ether oxygens (including phenoxy) is 2. The maximum atomic E-state index is 12.7. The molecule has 26 heavy (non-hydrogen) atoms. The van der Waals surface area contributed by atoms with Gasteiger partial charge in [-0.1, -0.05) is 12.1 Å². The number of rotatable bonds is 8. The Kier molecular flexibility index (Phi) is 6.85. The number of para-hydroxylation sites is 1. The molecule has 0 aromatic heterocycles. The molecule has 1 heterocycles. The lowest BCUT2D eigenvalue weighted by atomic mass is 10.1. The molecule has 1 saturated heterocycles. The third-order valence-corrected chi connectivity index (χ3v) is 4.51. The molecule has 3 rings (SSSR count). The van der Waals surface area contributed by atoms with Gasteiger partial charge in [0.2, 0.25) is 0 Å². The van der Waals surface area contributed by atoms with Crippen molar-refractivity contribution < 1.29 is 19.1 Å². The molecule has 1 aromatic carbocycles. The summed E-state index contributed by atoms with van der Waals surface area (Å²) in [4.78, 5) is 26.5.